The Morgan fingerprint density at radius 3 is 2.56 bits per heavy atom. The molecule has 0 spiro atoms. The molecule has 2 rings (SSSR count). The van der Waals surface area contributed by atoms with Crippen molar-refractivity contribution in [3.05, 3.63) is 23.2 Å². The van der Waals surface area contributed by atoms with Gasteiger partial charge in [0, 0.05) is 6.04 Å². The molecule has 1 saturated carbocycles. The lowest BCUT2D eigenvalue weighted by atomic mass is 10.3. The smallest absolute Gasteiger partial charge is 0.240 e. The van der Waals surface area contributed by atoms with E-state index in [0.29, 0.717) is 10.8 Å². The van der Waals surface area contributed by atoms with Crippen molar-refractivity contribution >= 4 is 21.6 Å². The van der Waals surface area contributed by atoms with E-state index in [4.69, 9.17) is 16.3 Å². The van der Waals surface area contributed by atoms with Gasteiger partial charge in [-0.1, -0.05) is 11.6 Å². The highest BCUT2D eigenvalue weighted by Crippen LogP contribution is 2.29. The van der Waals surface area contributed by atoms with Crippen LogP contribution in [0.15, 0.2) is 23.1 Å². The summed E-state index contributed by atoms with van der Waals surface area (Å²) < 4.78 is 32.0. The van der Waals surface area contributed by atoms with Crippen molar-refractivity contribution in [2.75, 3.05) is 0 Å². The summed E-state index contributed by atoms with van der Waals surface area (Å²) in [4.78, 5) is 0.176. The van der Waals surface area contributed by atoms with E-state index in [1.165, 1.54) is 12.1 Å². The van der Waals surface area contributed by atoms with Gasteiger partial charge in [-0.15, -0.1) is 0 Å². The molecule has 0 aliphatic heterocycles. The van der Waals surface area contributed by atoms with E-state index >= 15 is 0 Å². The fourth-order valence-corrected chi connectivity index (χ4v) is 3.11. The molecule has 0 saturated heterocycles. The quantitative estimate of drug-likeness (QED) is 0.906. The summed E-state index contributed by atoms with van der Waals surface area (Å²) in [5, 5.41) is 0.308. The van der Waals surface area contributed by atoms with Crippen LogP contribution in [0.5, 0.6) is 5.75 Å². The van der Waals surface area contributed by atoms with Crippen molar-refractivity contribution in [3.8, 4) is 5.75 Å². The van der Waals surface area contributed by atoms with Gasteiger partial charge in [0.25, 0.3) is 0 Å². The Labute approximate surface area is 112 Å². The number of ether oxygens (including phenoxy) is 1. The molecule has 0 atom stereocenters. The predicted molar refractivity (Wildman–Crippen MR) is 70.6 cm³/mol. The van der Waals surface area contributed by atoms with Gasteiger partial charge in [-0.2, -0.15) is 0 Å². The third kappa shape index (κ3) is 3.37. The second-order valence-corrected chi connectivity index (χ2v) is 6.78. The molecule has 1 aromatic carbocycles. The second-order valence-electron chi connectivity index (χ2n) is 4.65. The molecule has 0 radical (unpaired) electrons. The molecule has 0 aromatic heterocycles. The van der Waals surface area contributed by atoms with E-state index in [-0.39, 0.29) is 17.0 Å². The average Bonchev–Trinajstić information content (AvgIpc) is 3.03. The lowest BCUT2D eigenvalue weighted by molar-refractivity contribution is 0.242. The highest BCUT2D eigenvalue weighted by molar-refractivity contribution is 7.89. The van der Waals surface area contributed by atoms with Crippen LogP contribution < -0.4 is 9.46 Å². The lowest BCUT2D eigenvalue weighted by Crippen LogP contribution is -2.25. The number of benzene rings is 1. The Morgan fingerprint density at radius 2 is 2.06 bits per heavy atom. The largest absolute Gasteiger partial charge is 0.489 e. The molecule has 1 aliphatic rings. The first-order chi connectivity index (χ1) is 8.38. The third-order valence-corrected chi connectivity index (χ3v) is 4.29. The van der Waals surface area contributed by atoms with Crippen LogP contribution in [0, 0.1) is 0 Å². The maximum atomic E-state index is 12.0. The van der Waals surface area contributed by atoms with Crippen LogP contribution in [-0.2, 0) is 10.0 Å². The second kappa shape index (κ2) is 5.07. The van der Waals surface area contributed by atoms with Gasteiger partial charge in [0.2, 0.25) is 10.0 Å². The average molecular weight is 290 g/mol. The van der Waals surface area contributed by atoms with Crippen molar-refractivity contribution in [2.45, 2.75) is 43.7 Å². The van der Waals surface area contributed by atoms with E-state index in [2.05, 4.69) is 4.72 Å². The first kappa shape index (κ1) is 13.6. The topological polar surface area (TPSA) is 55.4 Å². The fourth-order valence-electron chi connectivity index (χ4n) is 1.49. The van der Waals surface area contributed by atoms with Crippen molar-refractivity contribution in [1.29, 1.82) is 0 Å². The SMILES string of the molecule is CC(C)Oc1ccc(S(=O)(=O)NC2CC2)cc1Cl. The number of nitrogens with one attached hydrogen (secondary N) is 1. The zero-order valence-electron chi connectivity index (χ0n) is 10.3. The van der Waals surface area contributed by atoms with E-state index in [1.807, 2.05) is 13.8 Å². The zero-order chi connectivity index (χ0) is 13.3. The monoisotopic (exact) mass is 289 g/mol. The Morgan fingerprint density at radius 1 is 1.39 bits per heavy atom. The van der Waals surface area contributed by atoms with Gasteiger partial charge in [0.1, 0.15) is 5.75 Å². The normalized spacial score (nSPS) is 16.0. The number of hydrogen-bond acceptors (Lipinski definition) is 3. The van der Waals surface area contributed by atoms with Gasteiger partial charge in [-0.3, -0.25) is 0 Å². The highest BCUT2D eigenvalue weighted by Gasteiger charge is 2.28. The molecule has 1 N–H and O–H groups in total. The van der Waals surface area contributed by atoms with Gasteiger partial charge < -0.3 is 4.74 Å². The maximum Gasteiger partial charge on any atom is 0.240 e. The van der Waals surface area contributed by atoms with E-state index in [9.17, 15) is 8.42 Å². The summed E-state index contributed by atoms with van der Waals surface area (Å²) in [6, 6.07) is 4.60. The summed E-state index contributed by atoms with van der Waals surface area (Å²) in [6.07, 6.45) is 1.80. The predicted octanol–water partition coefficient (Wildman–Crippen LogP) is 2.57. The summed E-state index contributed by atoms with van der Waals surface area (Å²) in [5.41, 5.74) is 0. The van der Waals surface area contributed by atoms with E-state index in [0.717, 1.165) is 12.8 Å². The number of hydrogen-bond donors (Lipinski definition) is 1. The first-order valence-corrected chi connectivity index (χ1v) is 7.73. The molecule has 0 unspecified atom stereocenters. The van der Waals surface area contributed by atoms with Gasteiger partial charge in [0.05, 0.1) is 16.0 Å². The van der Waals surface area contributed by atoms with Crippen LogP contribution in [0.25, 0.3) is 0 Å². The Hall–Kier alpha value is -0.780. The van der Waals surface area contributed by atoms with Crippen molar-refractivity contribution < 1.29 is 13.2 Å². The van der Waals surface area contributed by atoms with Crippen molar-refractivity contribution in [1.82, 2.24) is 4.72 Å². The Kier molecular flexibility index (Phi) is 3.84. The number of sulfonamides is 1. The van der Waals surface area contributed by atoms with E-state index < -0.39 is 10.0 Å². The Balaban J connectivity index is 2.22. The molecule has 18 heavy (non-hydrogen) atoms. The van der Waals surface area contributed by atoms with Crippen molar-refractivity contribution in [3.63, 3.8) is 0 Å². The molecule has 1 aromatic rings. The summed E-state index contributed by atoms with van der Waals surface area (Å²) in [5.74, 6) is 0.497. The molecule has 0 heterocycles. The minimum absolute atomic E-state index is 0.00505. The molecule has 100 valence electrons. The fraction of sp³-hybridized carbons (Fsp3) is 0.500. The zero-order valence-corrected chi connectivity index (χ0v) is 11.9. The van der Waals surface area contributed by atoms with Crippen LogP contribution in [0.2, 0.25) is 5.02 Å². The molecule has 1 fully saturated rings. The van der Waals surface area contributed by atoms with Gasteiger partial charge in [0.15, 0.2) is 0 Å². The minimum Gasteiger partial charge on any atom is -0.489 e. The Bertz CT molecular complexity index is 538. The third-order valence-electron chi connectivity index (χ3n) is 2.48. The summed E-state index contributed by atoms with van der Waals surface area (Å²) in [6.45, 7) is 3.77. The molecular weight excluding hydrogens is 274 g/mol. The van der Waals surface area contributed by atoms with Crippen LogP contribution >= 0.6 is 11.6 Å². The molecular formula is C12H16ClNO3S. The first-order valence-electron chi connectivity index (χ1n) is 5.87. The van der Waals surface area contributed by atoms with Crippen LogP contribution in [-0.4, -0.2) is 20.6 Å². The molecule has 0 bridgehead atoms. The van der Waals surface area contributed by atoms with Crippen molar-refractivity contribution in [2.24, 2.45) is 0 Å². The van der Waals surface area contributed by atoms with Crippen LogP contribution in [0.1, 0.15) is 26.7 Å². The lowest BCUT2D eigenvalue weighted by Gasteiger charge is -2.12. The molecule has 6 heteroatoms. The molecule has 1 aliphatic carbocycles. The van der Waals surface area contributed by atoms with Gasteiger partial charge in [-0.25, -0.2) is 13.1 Å². The minimum atomic E-state index is -3.45. The molecule has 0 amide bonds. The summed E-state index contributed by atoms with van der Waals surface area (Å²) >= 11 is 6.01. The summed E-state index contributed by atoms with van der Waals surface area (Å²) in [7, 11) is -3.45. The maximum absolute atomic E-state index is 12.0. The highest BCUT2D eigenvalue weighted by atomic mass is 35.5. The van der Waals surface area contributed by atoms with Gasteiger partial charge >= 0.3 is 0 Å². The van der Waals surface area contributed by atoms with E-state index in [1.54, 1.807) is 6.07 Å². The van der Waals surface area contributed by atoms with Gasteiger partial charge in [-0.05, 0) is 44.9 Å². The standard InChI is InChI=1S/C12H16ClNO3S/c1-8(2)17-12-6-5-10(7-11(12)13)18(15,16)14-9-3-4-9/h5-9,14H,3-4H2,1-2H3. The molecule has 4 nitrogen and oxygen atoms in total. The number of halogens is 1. The van der Waals surface area contributed by atoms with Crippen LogP contribution in [0.3, 0.4) is 0 Å². The number of rotatable bonds is 5. The van der Waals surface area contributed by atoms with Crippen LogP contribution in [0.4, 0.5) is 0 Å².